The number of rotatable bonds is 5. The largest absolute Gasteiger partial charge is 0.296 e. The average molecular weight is 301 g/mol. The van der Waals surface area contributed by atoms with Gasteiger partial charge in [0.1, 0.15) is 5.69 Å². The summed E-state index contributed by atoms with van der Waals surface area (Å²) in [6.45, 7) is 13.2. The van der Waals surface area contributed by atoms with E-state index in [1.165, 1.54) is 18.0 Å². The second kappa shape index (κ2) is 11.4. The monoisotopic (exact) mass is 301 g/mol. The summed E-state index contributed by atoms with van der Waals surface area (Å²) in [5.74, 6) is -0.488. The van der Waals surface area contributed by atoms with Crippen molar-refractivity contribution in [1.82, 2.24) is 15.0 Å². The highest BCUT2D eigenvalue weighted by Gasteiger charge is 2.40. The fraction of sp³-hybridized carbons (Fsp3) is 0.812. The van der Waals surface area contributed by atoms with Crippen LogP contribution in [0.5, 0.6) is 0 Å². The van der Waals surface area contributed by atoms with E-state index in [0.29, 0.717) is 17.8 Å². The van der Waals surface area contributed by atoms with Gasteiger partial charge in [0, 0.05) is 7.05 Å². The van der Waals surface area contributed by atoms with Crippen LogP contribution in [0.2, 0.25) is 0 Å². The molecule has 0 aliphatic rings. The van der Waals surface area contributed by atoms with Crippen LogP contribution in [0.1, 0.15) is 79.1 Å². The molecule has 1 atom stereocenters. The summed E-state index contributed by atoms with van der Waals surface area (Å²) in [6, 6.07) is 0. The zero-order chi connectivity index (χ0) is 17.1. The number of ketones is 1. The van der Waals surface area contributed by atoms with Gasteiger partial charge >= 0.3 is 0 Å². The lowest BCUT2D eigenvalue weighted by molar-refractivity contribution is -0.129. The third-order valence-electron chi connectivity index (χ3n) is 2.80. The fourth-order valence-corrected chi connectivity index (χ4v) is 1.87. The van der Waals surface area contributed by atoms with Gasteiger partial charge in [-0.05, 0) is 19.8 Å². The number of aromatic nitrogens is 3. The van der Waals surface area contributed by atoms with Gasteiger partial charge in [0.15, 0.2) is 5.78 Å². The molecule has 21 heavy (non-hydrogen) atoms. The highest BCUT2D eigenvalue weighted by molar-refractivity contribution is 5.85. The molecule has 1 aromatic rings. The Labute approximate surface area is 129 Å². The lowest BCUT2D eigenvalue weighted by Crippen LogP contribution is -2.32. The van der Waals surface area contributed by atoms with Crippen LogP contribution in [-0.4, -0.2) is 20.8 Å². The van der Waals surface area contributed by atoms with E-state index in [4.69, 9.17) is 0 Å². The number of carbonyl (C=O) groups is 1. The first-order chi connectivity index (χ1) is 9.88. The molecular weight excluding hydrogens is 269 g/mol. The topological polar surface area (TPSA) is 47.8 Å². The minimum Gasteiger partial charge on any atom is -0.296 e. The Morgan fingerprint density at radius 1 is 1.24 bits per heavy atom. The van der Waals surface area contributed by atoms with E-state index in [9.17, 15) is 9.18 Å². The van der Waals surface area contributed by atoms with Gasteiger partial charge in [-0.15, -0.1) is 5.10 Å². The number of alkyl halides is 1. The average Bonchev–Trinajstić information content (AvgIpc) is 2.83. The molecule has 0 bridgehead atoms. The van der Waals surface area contributed by atoms with E-state index in [0.717, 1.165) is 6.42 Å². The molecule has 1 heterocycles. The summed E-state index contributed by atoms with van der Waals surface area (Å²) in [4.78, 5) is 11.5. The van der Waals surface area contributed by atoms with Crippen molar-refractivity contribution in [2.75, 3.05) is 0 Å². The van der Waals surface area contributed by atoms with Gasteiger partial charge in [-0.1, -0.05) is 59.6 Å². The summed E-state index contributed by atoms with van der Waals surface area (Å²) >= 11 is 0. The number of hydrogen-bond acceptors (Lipinski definition) is 3. The van der Waals surface area contributed by atoms with Crippen LogP contribution in [0, 0.1) is 0 Å². The van der Waals surface area contributed by atoms with Crippen LogP contribution in [0.3, 0.4) is 0 Å². The van der Waals surface area contributed by atoms with E-state index in [1.807, 2.05) is 20.8 Å². The maximum absolute atomic E-state index is 14.6. The Kier molecular flexibility index (Phi) is 12.0. The van der Waals surface area contributed by atoms with Crippen molar-refractivity contribution in [2.24, 2.45) is 7.05 Å². The van der Waals surface area contributed by atoms with Crippen molar-refractivity contribution >= 4 is 5.78 Å². The van der Waals surface area contributed by atoms with Gasteiger partial charge < -0.3 is 0 Å². The second-order valence-electron chi connectivity index (χ2n) is 4.68. The first kappa shape index (κ1) is 22.0. The molecule has 4 nitrogen and oxygen atoms in total. The summed E-state index contributed by atoms with van der Waals surface area (Å²) < 4.78 is 16.0. The zero-order valence-corrected chi connectivity index (χ0v) is 15.0. The molecule has 5 heteroatoms. The van der Waals surface area contributed by atoms with Gasteiger partial charge in [0.25, 0.3) is 0 Å². The highest BCUT2D eigenvalue weighted by atomic mass is 19.1. The van der Waals surface area contributed by atoms with Gasteiger partial charge in [0.05, 0.1) is 5.69 Å². The molecule has 0 saturated carbocycles. The van der Waals surface area contributed by atoms with Crippen molar-refractivity contribution in [2.45, 2.75) is 79.8 Å². The zero-order valence-electron chi connectivity index (χ0n) is 15.0. The minimum atomic E-state index is -1.96. The molecule has 0 N–H and O–H groups in total. The second-order valence-corrected chi connectivity index (χ2v) is 4.68. The summed E-state index contributed by atoms with van der Waals surface area (Å²) in [6.07, 6.45) is 2.85. The van der Waals surface area contributed by atoms with Gasteiger partial charge in [-0.2, -0.15) is 0 Å². The van der Waals surface area contributed by atoms with E-state index < -0.39 is 11.5 Å². The van der Waals surface area contributed by atoms with Crippen LogP contribution < -0.4 is 0 Å². The third-order valence-corrected chi connectivity index (χ3v) is 2.80. The van der Waals surface area contributed by atoms with Gasteiger partial charge in [0.2, 0.25) is 5.67 Å². The van der Waals surface area contributed by atoms with Crippen LogP contribution in [0.4, 0.5) is 4.39 Å². The van der Waals surface area contributed by atoms with Crippen molar-refractivity contribution in [1.29, 1.82) is 0 Å². The molecule has 0 spiro atoms. The SMILES string of the molecule is CC.CCC.CCCc1nnn(C)c1C(F)(CC)C(C)=O. The number of nitrogens with zero attached hydrogens (tertiary/aromatic N) is 3. The number of hydrogen-bond donors (Lipinski definition) is 0. The Balaban J connectivity index is 0. The number of aryl methyl sites for hydroxylation is 2. The lowest BCUT2D eigenvalue weighted by atomic mass is 9.91. The Hall–Kier alpha value is -1.26. The highest BCUT2D eigenvalue weighted by Crippen LogP contribution is 2.32. The minimum absolute atomic E-state index is 0.111. The van der Waals surface area contributed by atoms with E-state index >= 15 is 0 Å². The first-order valence-corrected chi connectivity index (χ1v) is 7.97. The normalized spacial score (nSPS) is 12.4. The molecule has 124 valence electrons. The number of halogens is 1. The maximum Gasteiger partial charge on any atom is 0.211 e. The smallest absolute Gasteiger partial charge is 0.211 e. The van der Waals surface area contributed by atoms with E-state index in [-0.39, 0.29) is 6.42 Å². The van der Waals surface area contributed by atoms with Crippen molar-refractivity contribution in [3.8, 4) is 0 Å². The van der Waals surface area contributed by atoms with Crippen LogP contribution in [0.15, 0.2) is 0 Å². The fourth-order valence-electron chi connectivity index (χ4n) is 1.87. The van der Waals surface area contributed by atoms with E-state index in [1.54, 1.807) is 14.0 Å². The molecular formula is C16H32FN3O. The van der Waals surface area contributed by atoms with Gasteiger partial charge in [-0.25, -0.2) is 9.07 Å². The van der Waals surface area contributed by atoms with Crippen molar-refractivity contribution in [3.05, 3.63) is 11.4 Å². The molecule has 0 amide bonds. The Morgan fingerprint density at radius 3 is 2.05 bits per heavy atom. The summed E-state index contributed by atoms with van der Waals surface area (Å²) in [5, 5.41) is 7.73. The molecule has 1 aromatic heterocycles. The molecule has 0 aliphatic carbocycles. The molecule has 1 unspecified atom stereocenters. The predicted octanol–water partition coefficient (Wildman–Crippen LogP) is 4.37. The Morgan fingerprint density at radius 2 is 1.71 bits per heavy atom. The van der Waals surface area contributed by atoms with Crippen molar-refractivity contribution < 1.29 is 9.18 Å². The van der Waals surface area contributed by atoms with Crippen LogP contribution >= 0.6 is 0 Å². The predicted molar refractivity (Wildman–Crippen MR) is 86.1 cm³/mol. The van der Waals surface area contributed by atoms with Crippen LogP contribution in [-0.2, 0) is 23.9 Å². The molecule has 0 aromatic carbocycles. The van der Waals surface area contributed by atoms with Gasteiger partial charge in [-0.3, -0.25) is 4.79 Å². The Bertz CT molecular complexity index is 404. The molecule has 0 aliphatic heterocycles. The van der Waals surface area contributed by atoms with Crippen molar-refractivity contribution in [3.63, 3.8) is 0 Å². The standard InChI is InChI=1S/C11H18FN3O.C3H8.C2H6/c1-5-7-9-10(15(4)14-13-9)11(12,6-2)8(3)16;1-3-2;1-2/h5-7H2,1-4H3;3H2,1-2H3;1-2H3. The summed E-state index contributed by atoms with van der Waals surface area (Å²) in [7, 11) is 1.62. The van der Waals surface area contributed by atoms with Crippen LogP contribution in [0.25, 0.3) is 0 Å². The number of carbonyl (C=O) groups excluding carboxylic acids is 1. The lowest BCUT2D eigenvalue weighted by Gasteiger charge is -2.21. The third kappa shape index (κ3) is 5.94. The summed E-state index contributed by atoms with van der Waals surface area (Å²) in [5.41, 5.74) is -1.06. The quantitative estimate of drug-likeness (QED) is 0.811. The molecule has 0 saturated heterocycles. The molecule has 0 radical (unpaired) electrons. The van der Waals surface area contributed by atoms with E-state index in [2.05, 4.69) is 24.2 Å². The number of Topliss-reactive ketones (excluding diaryl/α,β-unsaturated/α-hetero) is 1. The first-order valence-electron chi connectivity index (χ1n) is 7.97. The molecule has 1 rings (SSSR count). The molecule has 0 fully saturated rings. The maximum atomic E-state index is 14.6.